The molecule has 1 heterocycles. The van der Waals surface area contributed by atoms with Crippen LogP contribution >= 0.6 is 11.3 Å². The number of nitrogens with zero attached hydrogens (tertiary/aromatic N) is 1. The molecule has 1 N–H and O–H groups in total. The van der Waals surface area contributed by atoms with Gasteiger partial charge in [-0.2, -0.15) is 13.2 Å². The molecule has 0 unspecified atom stereocenters. The number of sulfonamides is 1. The Hall–Kier alpha value is -2.44. The van der Waals surface area contributed by atoms with Crippen LogP contribution in [0.25, 0.3) is 0 Å². The normalized spacial score (nSPS) is 12.6. The maximum atomic E-state index is 12.6. The van der Waals surface area contributed by atoms with Crippen LogP contribution in [0.15, 0.2) is 69.9 Å². The Balaban J connectivity index is 1.62. The fraction of sp³-hybridized carbons (Fsp3) is 0.250. The smallest absolute Gasteiger partial charge is 0.255 e. The number of sulfone groups is 1. The average molecular weight is 505 g/mol. The van der Waals surface area contributed by atoms with Gasteiger partial charge >= 0.3 is 6.18 Å². The summed E-state index contributed by atoms with van der Waals surface area (Å²) in [5, 5.41) is 1.81. The Morgan fingerprint density at radius 1 is 0.938 bits per heavy atom. The monoisotopic (exact) mass is 504 g/mol. The van der Waals surface area contributed by atoms with E-state index in [1.807, 2.05) is 0 Å². The standard InChI is InChI=1S/C20H19F3N2O4S3/c21-20(22,23)14-16-4-1-3-15(13-16)5-2-12-31(26,27)17-6-8-18(9-7-17)32(28,29)25-19-24-10-11-30-19/h1,3-4,6-11,13H,2,5,12,14H2,(H,24,25). The molecule has 0 saturated carbocycles. The highest BCUT2D eigenvalue weighted by molar-refractivity contribution is 7.93. The molecule has 0 aliphatic rings. The second kappa shape index (κ2) is 9.59. The van der Waals surface area contributed by atoms with Gasteiger partial charge in [0.2, 0.25) is 0 Å². The van der Waals surface area contributed by atoms with Crippen molar-refractivity contribution >= 4 is 36.3 Å². The van der Waals surface area contributed by atoms with Crippen LogP contribution in [0.4, 0.5) is 18.3 Å². The van der Waals surface area contributed by atoms with E-state index in [4.69, 9.17) is 0 Å². The molecular formula is C20H19F3N2O4S3. The van der Waals surface area contributed by atoms with E-state index in [0.717, 1.165) is 11.3 Å². The summed E-state index contributed by atoms with van der Waals surface area (Å²) >= 11 is 1.11. The fourth-order valence-electron chi connectivity index (χ4n) is 2.98. The molecule has 0 aliphatic carbocycles. The minimum absolute atomic E-state index is 0.0310. The molecule has 2 aromatic carbocycles. The third-order valence-corrected chi connectivity index (χ3v) is 8.41. The quantitative estimate of drug-likeness (QED) is 0.465. The molecule has 0 radical (unpaired) electrons. The van der Waals surface area contributed by atoms with Gasteiger partial charge in [0.15, 0.2) is 15.0 Å². The average Bonchev–Trinajstić information content (AvgIpc) is 3.19. The minimum Gasteiger partial charge on any atom is -0.255 e. The van der Waals surface area contributed by atoms with Gasteiger partial charge in [0, 0.05) is 11.6 Å². The number of anilines is 1. The van der Waals surface area contributed by atoms with Gasteiger partial charge in [0.25, 0.3) is 10.0 Å². The molecule has 0 spiro atoms. The van der Waals surface area contributed by atoms with Gasteiger partial charge in [-0.3, -0.25) is 4.72 Å². The van der Waals surface area contributed by atoms with Crippen molar-refractivity contribution in [2.75, 3.05) is 10.5 Å². The van der Waals surface area contributed by atoms with E-state index in [-0.39, 0.29) is 32.7 Å². The summed E-state index contributed by atoms with van der Waals surface area (Å²) in [5.74, 6) is -0.222. The van der Waals surface area contributed by atoms with E-state index in [1.165, 1.54) is 48.7 Å². The lowest BCUT2D eigenvalue weighted by molar-refractivity contribution is -0.127. The predicted molar refractivity (Wildman–Crippen MR) is 116 cm³/mol. The molecule has 0 saturated heterocycles. The van der Waals surface area contributed by atoms with Gasteiger partial charge in [-0.25, -0.2) is 21.8 Å². The lowest BCUT2D eigenvalue weighted by Crippen LogP contribution is -2.13. The minimum atomic E-state index is -4.31. The van der Waals surface area contributed by atoms with E-state index >= 15 is 0 Å². The van der Waals surface area contributed by atoms with Crippen LogP contribution in [-0.4, -0.2) is 33.7 Å². The molecule has 0 bridgehead atoms. The van der Waals surface area contributed by atoms with Crippen molar-refractivity contribution in [3.05, 3.63) is 71.2 Å². The van der Waals surface area contributed by atoms with E-state index < -0.39 is 32.5 Å². The molecule has 0 fully saturated rings. The van der Waals surface area contributed by atoms with Gasteiger partial charge in [0.05, 0.1) is 22.0 Å². The Morgan fingerprint density at radius 2 is 1.59 bits per heavy atom. The van der Waals surface area contributed by atoms with Gasteiger partial charge < -0.3 is 0 Å². The van der Waals surface area contributed by atoms with Crippen molar-refractivity contribution < 1.29 is 30.0 Å². The van der Waals surface area contributed by atoms with Crippen molar-refractivity contribution in [2.45, 2.75) is 35.2 Å². The van der Waals surface area contributed by atoms with Crippen molar-refractivity contribution in [3.63, 3.8) is 0 Å². The lowest BCUT2D eigenvalue weighted by Gasteiger charge is -2.09. The molecule has 0 atom stereocenters. The summed E-state index contributed by atoms with van der Waals surface area (Å²) in [6, 6.07) is 10.8. The first kappa shape index (κ1) is 24.2. The number of aryl methyl sites for hydroxylation is 1. The van der Waals surface area contributed by atoms with Crippen LogP contribution in [-0.2, 0) is 32.7 Å². The molecule has 3 aromatic rings. The maximum Gasteiger partial charge on any atom is 0.393 e. The van der Waals surface area contributed by atoms with Crippen molar-refractivity contribution in [1.82, 2.24) is 4.98 Å². The van der Waals surface area contributed by atoms with Crippen LogP contribution in [0.5, 0.6) is 0 Å². The molecule has 6 nitrogen and oxygen atoms in total. The van der Waals surface area contributed by atoms with Gasteiger partial charge in [-0.15, -0.1) is 11.3 Å². The van der Waals surface area contributed by atoms with E-state index in [2.05, 4.69) is 9.71 Å². The first-order valence-electron chi connectivity index (χ1n) is 9.34. The SMILES string of the molecule is O=S(=O)(CCCc1cccc(CC(F)(F)F)c1)c1ccc(S(=O)(=O)Nc2nccs2)cc1. The van der Waals surface area contributed by atoms with Crippen molar-refractivity contribution in [2.24, 2.45) is 0 Å². The number of hydrogen-bond acceptors (Lipinski definition) is 6. The third kappa shape index (κ3) is 6.78. The zero-order chi connectivity index (χ0) is 23.4. The lowest BCUT2D eigenvalue weighted by atomic mass is 10.0. The Morgan fingerprint density at radius 3 is 2.22 bits per heavy atom. The fourth-order valence-corrected chi connectivity index (χ4v) is 6.08. The number of rotatable bonds is 9. The number of thiazole rings is 1. The third-order valence-electron chi connectivity index (χ3n) is 4.42. The van der Waals surface area contributed by atoms with Crippen LogP contribution in [0.1, 0.15) is 17.5 Å². The highest BCUT2D eigenvalue weighted by atomic mass is 32.2. The molecule has 32 heavy (non-hydrogen) atoms. The maximum absolute atomic E-state index is 12.6. The molecule has 172 valence electrons. The molecule has 12 heteroatoms. The molecule has 0 aliphatic heterocycles. The number of benzene rings is 2. The number of halogens is 3. The molecule has 1 aromatic heterocycles. The Labute approximate surface area is 188 Å². The molecular weight excluding hydrogens is 485 g/mol. The molecule has 3 rings (SSSR count). The van der Waals surface area contributed by atoms with Crippen molar-refractivity contribution in [1.29, 1.82) is 0 Å². The van der Waals surface area contributed by atoms with Crippen LogP contribution in [0.2, 0.25) is 0 Å². The summed E-state index contributed by atoms with van der Waals surface area (Å²) in [6.07, 6.45) is -3.38. The zero-order valence-electron chi connectivity index (χ0n) is 16.5. The van der Waals surface area contributed by atoms with Crippen molar-refractivity contribution in [3.8, 4) is 0 Å². The van der Waals surface area contributed by atoms with Gasteiger partial charge in [-0.05, 0) is 48.2 Å². The highest BCUT2D eigenvalue weighted by Crippen LogP contribution is 2.23. The second-order valence-electron chi connectivity index (χ2n) is 6.95. The number of hydrogen-bond donors (Lipinski definition) is 1. The second-order valence-corrected chi connectivity index (χ2v) is 11.6. The summed E-state index contributed by atoms with van der Waals surface area (Å²) in [7, 11) is -7.58. The van der Waals surface area contributed by atoms with Gasteiger partial charge in [0.1, 0.15) is 0 Å². The van der Waals surface area contributed by atoms with E-state index in [9.17, 15) is 30.0 Å². The summed E-state index contributed by atoms with van der Waals surface area (Å²) in [6.45, 7) is 0. The molecule has 0 amide bonds. The van der Waals surface area contributed by atoms with Crippen LogP contribution < -0.4 is 4.72 Å². The predicted octanol–water partition coefficient (Wildman–Crippen LogP) is 4.46. The Bertz CT molecular complexity index is 1260. The van der Waals surface area contributed by atoms with E-state index in [0.29, 0.717) is 12.0 Å². The number of alkyl halides is 3. The first-order chi connectivity index (χ1) is 14.9. The number of nitrogens with one attached hydrogen (secondary N) is 1. The first-order valence-corrected chi connectivity index (χ1v) is 13.4. The highest BCUT2D eigenvalue weighted by Gasteiger charge is 2.27. The van der Waals surface area contributed by atoms with Crippen LogP contribution in [0.3, 0.4) is 0 Å². The topological polar surface area (TPSA) is 93.2 Å². The van der Waals surface area contributed by atoms with E-state index in [1.54, 1.807) is 11.4 Å². The van der Waals surface area contributed by atoms with Crippen LogP contribution in [0, 0.1) is 0 Å². The summed E-state index contributed by atoms with van der Waals surface area (Å²) in [4.78, 5) is 3.71. The number of aromatic nitrogens is 1. The summed E-state index contributed by atoms with van der Waals surface area (Å²) in [5.41, 5.74) is 0.748. The largest absolute Gasteiger partial charge is 0.393 e. The van der Waals surface area contributed by atoms with Gasteiger partial charge in [-0.1, -0.05) is 24.3 Å². The summed E-state index contributed by atoms with van der Waals surface area (Å²) < 4.78 is 89.8. The Kier molecular flexibility index (Phi) is 7.25. The zero-order valence-corrected chi connectivity index (χ0v) is 19.0.